The molecule has 4 heterocycles. The average molecular weight is 502 g/mol. The molecule has 2 amide bonds. The van der Waals surface area contributed by atoms with Crippen LogP contribution in [0.25, 0.3) is 11.0 Å². The number of hydrogen-bond acceptors (Lipinski definition) is 8. The van der Waals surface area contributed by atoms with E-state index in [2.05, 4.69) is 42.6 Å². The molecule has 36 heavy (non-hydrogen) atoms. The van der Waals surface area contributed by atoms with E-state index in [4.69, 9.17) is 4.74 Å². The summed E-state index contributed by atoms with van der Waals surface area (Å²) < 4.78 is 6.14. The Morgan fingerprint density at radius 3 is 2.81 bits per heavy atom. The van der Waals surface area contributed by atoms with E-state index in [1.165, 1.54) is 11.3 Å². The summed E-state index contributed by atoms with van der Waals surface area (Å²) in [5, 5.41) is 14.8. The van der Waals surface area contributed by atoms with Gasteiger partial charge in [0.25, 0.3) is 11.8 Å². The highest BCUT2D eigenvalue weighted by molar-refractivity contribution is 7.15. The van der Waals surface area contributed by atoms with Gasteiger partial charge < -0.3 is 15.0 Å². The summed E-state index contributed by atoms with van der Waals surface area (Å²) in [5.41, 5.74) is 1.07. The number of rotatable bonds is 6. The van der Waals surface area contributed by atoms with Crippen LogP contribution in [0.15, 0.2) is 42.7 Å². The maximum atomic E-state index is 12.5. The fraction of sp³-hybridized carbons (Fsp3) is 0.240. The van der Waals surface area contributed by atoms with Gasteiger partial charge in [-0.15, -0.1) is 11.3 Å². The minimum atomic E-state index is -0.238. The van der Waals surface area contributed by atoms with Crippen LogP contribution in [0, 0.1) is 18.8 Å². The van der Waals surface area contributed by atoms with E-state index in [0.717, 1.165) is 11.3 Å². The predicted octanol–water partition coefficient (Wildman–Crippen LogP) is 3.80. The second kappa shape index (κ2) is 10.1. The number of hydrogen-bond donors (Lipinski definition) is 3. The van der Waals surface area contributed by atoms with Crippen molar-refractivity contribution in [2.45, 2.75) is 26.3 Å². The lowest BCUT2D eigenvalue weighted by Crippen LogP contribution is -2.30. The number of carbonyl (C=O) groups is 2. The Balaban J connectivity index is 1.29. The topological polar surface area (TPSA) is 125 Å². The first-order valence-corrected chi connectivity index (χ1v) is 12.1. The largest absolute Gasteiger partial charge is 0.456 e. The molecule has 0 aliphatic carbocycles. The SMILES string of the molecule is CC#CC(=O)N1CC[C@@H](Nc2n[nH]c3nccc(Oc4ccc(C(=O)Nc5ncc(C)s5)cc4)c23)C1. The van der Waals surface area contributed by atoms with Crippen LogP contribution in [0.3, 0.4) is 0 Å². The van der Waals surface area contributed by atoms with E-state index >= 15 is 0 Å². The number of aromatic nitrogens is 4. The fourth-order valence-electron chi connectivity index (χ4n) is 3.94. The lowest BCUT2D eigenvalue weighted by Gasteiger charge is -2.15. The van der Waals surface area contributed by atoms with Gasteiger partial charge in [0.2, 0.25) is 0 Å². The number of aromatic amines is 1. The Morgan fingerprint density at radius 2 is 2.06 bits per heavy atom. The molecule has 1 atom stereocenters. The highest BCUT2D eigenvalue weighted by atomic mass is 32.1. The molecule has 1 fully saturated rings. The molecule has 3 N–H and O–H groups in total. The third kappa shape index (κ3) is 4.99. The van der Waals surface area contributed by atoms with Crippen LogP contribution >= 0.6 is 11.3 Å². The lowest BCUT2D eigenvalue weighted by atomic mass is 10.2. The number of benzene rings is 1. The number of thiazole rings is 1. The van der Waals surface area contributed by atoms with Gasteiger partial charge in [-0.2, -0.15) is 5.10 Å². The van der Waals surface area contributed by atoms with Gasteiger partial charge in [-0.3, -0.25) is 20.0 Å². The molecular formula is C25H23N7O3S. The van der Waals surface area contributed by atoms with Crippen molar-refractivity contribution < 1.29 is 14.3 Å². The normalized spacial score (nSPS) is 14.8. The Kier molecular flexibility index (Phi) is 6.51. The van der Waals surface area contributed by atoms with Crippen molar-refractivity contribution in [1.82, 2.24) is 25.1 Å². The van der Waals surface area contributed by atoms with Crippen LogP contribution in [0.2, 0.25) is 0 Å². The van der Waals surface area contributed by atoms with E-state index in [1.54, 1.807) is 54.5 Å². The van der Waals surface area contributed by atoms with Crippen molar-refractivity contribution in [3.8, 4) is 23.3 Å². The summed E-state index contributed by atoms with van der Waals surface area (Å²) in [6.07, 6.45) is 4.14. The molecule has 1 aliphatic rings. The molecule has 0 spiro atoms. The second-order valence-corrected chi connectivity index (χ2v) is 9.45. The third-order valence-corrected chi connectivity index (χ3v) is 6.49. The van der Waals surface area contributed by atoms with Crippen molar-refractivity contribution in [2.75, 3.05) is 23.7 Å². The first-order chi connectivity index (χ1) is 17.5. The summed E-state index contributed by atoms with van der Waals surface area (Å²) >= 11 is 1.42. The van der Waals surface area contributed by atoms with E-state index in [9.17, 15) is 9.59 Å². The Morgan fingerprint density at radius 1 is 1.22 bits per heavy atom. The van der Waals surface area contributed by atoms with Crippen LogP contribution in [-0.4, -0.2) is 56.0 Å². The molecule has 0 unspecified atom stereocenters. The average Bonchev–Trinajstić information content (AvgIpc) is 3.61. The van der Waals surface area contributed by atoms with Crippen molar-refractivity contribution in [1.29, 1.82) is 0 Å². The summed E-state index contributed by atoms with van der Waals surface area (Å²) in [6.45, 7) is 4.77. The lowest BCUT2D eigenvalue weighted by molar-refractivity contribution is -0.124. The molecule has 0 radical (unpaired) electrons. The zero-order valence-electron chi connectivity index (χ0n) is 19.7. The van der Waals surface area contributed by atoms with Gasteiger partial charge in [0.15, 0.2) is 16.6 Å². The number of likely N-dealkylation sites (tertiary alicyclic amines) is 1. The zero-order chi connectivity index (χ0) is 25.1. The molecule has 1 aromatic carbocycles. The molecular weight excluding hydrogens is 478 g/mol. The Hall–Kier alpha value is -4.43. The molecule has 3 aromatic heterocycles. The van der Waals surface area contributed by atoms with E-state index in [1.807, 2.05) is 6.92 Å². The van der Waals surface area contributed by atoms with Crippen LogP contribution in [0.4, 0.5) is 10.9 Å². The number of nitrogens with zero attached hydrogens (tertiary/aromatic N) is 4. The van der Waals surface area contributed by atoms with Crippen LogP contribution in [0.1, 0.15) is 28.6 Å². The monoisotopic (exact) mass is 501 g/mol. The number of carbonyl (C=O) groups excluding carboxylic acids is 2. The molecule has 0 saturated carbocycles. The predicted molar refractivity (Wildman–Crippen MR) is 137 cm³/mol. The van der Waals surface area contributed by atoms with Crippen LogP contribution in [-0.2, 0) is 4.79 Å². The van der Waals surface area contributed by atoms with Gasteiger partial charge in [0.05, 0.1) is 0 Å². The first kappa shape index (κ1) is 23.3. The summed E-state index contributed by atoms with van der Waals surface area (Å²) in [5.74, 6) is 6.56. The number of aryl methyl sites for hydroxylation is 1. The summed E-state index contributed by atoms with van der Waals surface area (Å²) in [4.78, 5) is 35.8. The third-order valence-electron chi connectivity index (χ3n) is 5.66. The molecule has 0 bridgehead atoms. The van der Waals surface area contributed by atoms with Gasteiger partial charge in [-0.25, -0.2) is 9.97 Å². The number of pyridine rings is 1. The number of amides is 2. The smallest absolute Gasteiger partial charge is 0.298 e. The van der Waals surface area contributed by atoms with E-state index in [0.29, 0.717) is 52.1 Å². The minimum absolute atomic E-state index is 0.0339. The van der Waals surface area contributed by atoms with E-state index < -0.39 is 0 Å². The van der Waals surface area contributed by atoms with E-state index in [-0.39, 0.29) is 17.9 Å². The number of fused-ring (bicyclic) bond motifs is 1. The van der Waals surface area contributed by atoms with Gasteiger partial charge in [0.1, 0.15) is 16.9 Å². The number of nitrogens with one attached hydrogen (secondary N) is 3. The summed E-state index contributed by atoms with van der Waals surface area (Å²) in [7, 11) is 0. The molecule has 5 rings (SSSR count). The van der Waals surface area contributed by atoms with Crippen molar-refractivity contribution in [2.24, 2.45) is 0 Å². The van der Waals surface area contributed by atoms with Gasteiger partial charge in [-0.05, 0) is 50.5 Å². The second-order valence-electron chi connectivity index (χ2n) is 8.22. The maximum Gasteiger partial charge on any atom is 0.298 e. The molecule has 4 aromatic rings. The molecule has 1 aliphatic heterocycles. The van der Waals surface area contributed by atoms with Crippen molar-refractivity contribution in [3.05, 3.63) is 53.2 Å². The van der Waals surface area contributed by atoms with Crippen molar-refractivity contribution in [3.63, 3.8) is 0 Å². The number of anilines is 2. The van der Waals surface area contributed by atoms with Gasteiger partial charge >= 0.3 is 0 Å². The standard InChI is InChI=1S/C25H23N7O3S/c1-3-4-20(33)32-12-10-17(14-32)28-23-21-19(9-11-26-22(21)30-31-23)35-18-7-5-16(6-8-18)24(34)29-25-27-13-15(2)36-25/h5-9,11,13,17H,10,12,14H2,1-2H3,(H,27,29,34)(H2,26,28,30,31)/t17-/m1/s1. The maximum absolute atomic E-state index is 12.5. The Bertz CT molecular complexity index is 1480. The van der Waals surface area contributed by atoms with Gasteiger partial charge in [-0.1, -0.05) is 5.92 Å². The Labute approximate surface area is 211 Å². The number of H-pyrrole nitrogens is 1. The fourth-order valence-corrected chi connectivity index (χ4v) is 4.60. The summed E-state index contributed by atoms with van der Waals surface area (Å²) in [6, 6.07) is 8.65. The highest BCUT2D eigenvalue weighted by Gasteiger charge is 2.27. The number of ether oxygens (including phenoxy) is 1. The quantitative estimate of drug-likeness (QED) is 0.343. The first-order valence-electron chi connectivity index (χ1n) is 11.3. The zero-order valence-corrected chi connectivity index (χ0v) is 20.5. The molecule has 182 valence electrons. The van der Waals surface area contributed by atoms with Gasteiger partial charge in [0, 0.05) is 48.0 Å². The van der Waals surface area contributed by atoms with Crippen LogP contribution in [0.5, 0.6) is 11.5 Å². The molecule has 1 saturated heterocycles. The minimum Gasteiger partial charge on any atom is -0.456 e. The molecule has 10 nitrogen and oxygen atoms in total. The molecule has 11 heteroatoms. The van der Waals surface area contributed by atoms with Crippen molar-refractivity contribution >= 4 is 45.1 Å². The highest BCUT2D eigenvalue weighted by Crippen LogP contribution is 2.33. The van der Waals surface area contributed by atoms with Crippen LogP contribution < -0.4 is 15.4 Å².